The van der Waals surface area contributed by atoms with Gasteiger partial charge in [-0.25, -0.2) is 9.97 Å². The lowest BCUT2D eigenvalue weighted by Gasteiger charge is -2.34. The summed E-state index contributed by atoms with van der Waals surface area (Å²) < 4.78 is 1.65. The molecule has 26 heavy (non-hydrogen) atoms. The molecule has 0 bridgehead atoms. The van der Waals surface area contributed by atoms with Crippen molar-refractivity contribution in [1.29, 1.82) is 0 Å². The number of aryl methyl sites for hydroxylation is 1. The highest BCUT2D eigenvalue weighted by Gasteiger charge is 2.20. The van der Waals surface area contributed by atoms with Crippen LogP contribution in [0.25, 0.3) is 0 Å². The van der Waals surface area contributed by atoms with Gasteiger partial charge in [0.1, 0.15) is 0 Å². The maximum absolute atomic E-state index is 12.1. The molecule has 2 aromatic heterocycles. The fourth-order valence-corrected chi connectivity index (χ4v) is 2.94. The van der Waals surface area contributed by atoms with Gasteiger partial charge in [-0.15, -0.1) is 0 Å². The maximum atomic E-state index is 12.1. The third kappa shape index (κ3) is 5.13. The number of piperazine rings is 1. The van der Waals surface area contributed by atoms with E-state index in [1.807, 2.05) is 6.07 Å². The van der Waals surface area contributed by atoms with E-state index < -0.39 is 0 Å². The second-order valence-corrected chi connectivity index (χ2v) is 6.25. The average molecular weight is 356 g/mol. The van der Waals surface area contributed by atoms with E-state index in [4.69, 9.17) is 0 Å². The molecule has 0 aliphatic carbocycles. The first-order valence-corrected chi connectivity index (χ1v) is 8.89. The molecule has 3 heterocycles. The largest absolute Gasteiger partial charge is 0.355 e. The molecule has 138 valence electrons. The van der Waals surface area contributed by atoms with Gasteiger partial charge >= 0.3 is 0 Å². The lowest BCUT2D eigenvalue weighted by molar-refractivity contribution is -0.122. The van der Waals surface area contributed by atoms with Gasteiger partial charge in [-0.1, -0.05) is 6.07 Å². The molecule has 2 aromatic rings. The number of hydrogen-bond donors (Lipinski definition) is 1. The Bertz CT molecular complexity index is 756. The number of carbonyl (C=O) groups is 1. The molecule has 1 saturated heterocycles. The summed E-state index contributed by atoms with van der Waals surface area (Å²) in [6, 6.07) is 6.90. The van der Waals surface area contributed by atoms with Gasteiger partial charge in [-0.2, -0.15) is 0 Å². The summed E-state index contributed by atoms with van der Waals surface area (Å²) in [6.07, 6.45) is 5.98. The van der Waals surface area contributed by atoms with Crippen molar-refractivity contribution in [3.8, 4) is 0 Å². The third-order valence-electron chi connectivity index (χ3n) is 4.37. The number of hydrogen-bond acceptors (Lipinski definition) is 6. The molecule has 0 saturated carbocycles. The molecule has 1 aliphatic heterocycles. The molecule has 0 atom stereocenters. The van der Waals surface area contributed by atoms with Gasteiger partial charge in [0.25, 0.3) is 0 Å². The first-order chi connectivity index (χ1) is 12.7. The first kappa shape index (κ1) is 18.1. The fraction of sp³-hybridized carbons (Fsp3) is 0.444. The Morgan fingerprint density at radius 2 is 1.85 bits per heavy atom. The van der Waals surface area contributed by atoms with Crippen LogP contribution in [-0.4, -0.2) is 64.6 Å². The van der Waals surface area contributed by atoms with Crippen molar-refractivity contribution < 1.29 is 4.79 Å². The van der Waals surface area contributed by atoms with Gasteiger partial charge in [0.2, 0.25) is 17.4 Å². The summed E-state index contributed by atoms with van der Waals surface area (Å²) in [7, 11) is 0. The summed E-state index contributed by atoms with van der Waals surface area (Å²) in [5, 5.41) is 2.93. The molecular weight excluding hydrogens is 332 g/mol. The molecule has 0 spiro atoms. The molecule has 1 fully saturated rings. The van der Waals surface area contributed by atoms with Gasteiger partial charge in [-0.05, 0) is 18.6 Å². The van der Waals surface area contributed by atoms with Crippen LogP contribution in [0, 0.1) is 0 Å². The lowest BCUT2D eigenvalue weighted by Crippen LogP contribution is -2.50. The molecule has 1 amide bonds. The van der Waals surface area contributed by atoms with Crippen molar-refractivity contribution in [2.24, 2.45) is 0 Å². The van der Waals surface area contributed by atoms with Crippen molar-refractivity contribution in [2.75, 3.05) is 44.2 Å². The highest BCUT2D eigenvalue weighted by molar-refractivity contribution is 5.78. The Labute approximate surface area is 152 Å². The molecule has 0 aromatic carbocycles. The van der Waals surface area contributed by atoms with Gasteiger partial charge in [0.15, 0.2) is 0 Å². The zero-order chi connectivity index (χ0) is 18.2. The van der Waals surface area contributed by atoms with E-state index in [9.17, 15) is 9.59 Å². The summed E-state index contributed by atoms with van der Waals surface area (Å²) >= 11 is 0. The van der Waals surface area contributed by atoms with Gasteiger partial charge in [0.05, 0.1) is 6.54 Å². The Balaban J connectivity index is 1.33. The Morgan fingerprint density at radius 1 is 1.08 bits per heavy atom. The van der Waals surface area contributed by atoms with E-state index in [1.165, 1.54) is 0 Å². The zero-order valence-corrected chi connectivity index (χ0v) is 14.8. The number of rotatable bonds is 7. The molecule has 8 nitrogen and oxygen atoms in total. The Kier molecular flexibility index (Phi) is 6.32. The van der Waals surface area contributed by atoms with E-state index in [-0.39, 0.29) is 11.5 Å². The monoisotopic (exact) mass is 356 g/mol. The predicted octanol–water partition coefficient (Wildman–Crippen LogP) is -0.0332. The minimum absolute atomic E-state index is 0.0147. The highest BCUT2D eigenvalue weighted by atomic mass is 16.2. The van der Waals surface area contributed by atoms with Gasteiger partial charge in [-0.3, -0.25) is 14.5 Å². The second-order valence-electron chi connectivity index (χ2n) is 6.25. The van der Waals surface area contributed by atoms with Crippen LogP contribution in [-0.2, 0) is 11.3 Å². The maximum Gasteiger partial charge on any atom is 0.250 e. The van der Waals surface area contributed by atoms with Crippen LogP contribution in [0.3, 0.4) is 0 Å². The number of aromatic nitrogens is 3. The molecule has 8 heteroatoms. The second kappa shape index (κ2) is 9.10. The predicted molar refractivity (Wildman–Crippen MR) is 99.0 cm³/mol. The van der Waals surface area contributed by atoms with Crippen LogP contribution in [0.15, 0.2) is 47.7 Å². The van der Waals surface area contributed by atoms with E-state index in [0.29, 0.717) is 19.6 Å². The standard InChI is InChI=1S/C18H24N6O2/c25-16(19-8-4-10-23-9-2-1-5-17(23)26)15-22-11-13-24(14-12-22)18-20-6-3-7-21-18/h1-3,5-7,9H,4,8,10-15H2,(H,19,25). The molecular formula is C18H24N6O2. The van der Waals surface area contributed by atoms with Crippen molar-refractivity contribution >= 4 is 11.9 Å². The van der Waals surface area contributed by atoms with Crippen LogP contribution in [0.4, 0.5) is 5.95 Å². The molecule has 3 rings (SSSR count). The molecule has 0 unspecified atom stereocenters. The number of nitrogens with zero attached hydrogens (tertiary/aromatic N) is 5. The Hall–Kier alpha value is -2.74. The van der Waals surface area contributed by atoms with Crippen LogP contribution in [0.5, 0.6) is 0 Å². The van der Waals surface area contributed by atoms with Crippen molar-refractivity contribution in [3.63, 3.8) is 0 Å². The smallest absolute Gasteiger partial charge is 0.250 e. The normalized spacial score (nSPS) is 15.0. The zero-order valence-electron chi connectivity index (χ0n) is 14.8. The summed E-state index contributed by atoms with van der Waals surface area (Å²) in [4.78, 5) is 36.5. The molecule has 1 aliphatic rings. The van der Waals surface area contributed by atoms with E-state index in [1.54, 1.807) is 41.4 Å². The van der Waals surface area contributed by atoms with Crippen LogP contribution >= 0.6 is 0 Å². The van der Waals surface area contributed by atoms with Gasteiger partial charge in [0, 0.05) is 63.9 Å². The minimum atomic E-state index is -0.0147. The van der Waals surface area contributed by atoms with Crippen molar-refractivity contribution in [3.05, 3.63) is 53.2 Å². The van der Waals surface area contributed by atoms with Crippen molar-refractivity contribution in [1.82, 2.24) is 24.8 Å². The number of pyridine rings is 1. The molecule has 0 radical (unpaired) electrons. The highest BCUT2D eigenvalue weighted by Crippen LogP contribution is 2.09. The first-order valence-electron chi connectivity index (χ1n) is 8.89. The molecule has 1 N–H and O–H groups in total. The van der Waals surface area contributed by atoms with Crippen molar-refractivity contribution in [2.45, 2.75) is 13.0 Å². The number of anilines is 1. The van der Waals surface area contributed by atoms with E-state index in [0.717, 1.165) is 38.5 Å². The topological polar surface area (TPSA) is 83.4 Å². The number of amides is 1. The van der Waals surface area contributed by atoms with E-state index in [2.05, 4.69) is 25.1 Å². The summed E-state index contributed by atoms with van der Waals surface area (Å²) in [5.74, 6) is 0.766. The van der Waals surface area contributed by atoms with Crippen LogP contribution in [0.2, 0.25) is 0 Å². The number of carbonyl (C=O) groups excluding carboxylic acids is 1. The lowest BCUT2D eigenvalue weighted by atomic mass is 10.3. The van der Waals surface area contributed by atoms with Crippen LogP contribution < -0.4 is 15.8 Å². The summed E-state index contributed by atoms with van der Waals surface area (Å²) in [5.41, 5.74) is -0.0147. The number of nitrogens with one attached hydrogen (secondary N) is 1. The average Bonchev–Trinajstić information content (AvgIpc) is 2.68. The van der Waals surface area contributed by atoms with Gasteiger partial charge < -0.3 is 14.8 Å². The fourth-order valence-electron chi connectivity index (χ4n) is 2.94. The van der Waals surface area contributed by atoms with E-state index >= 15 is 0 Å². The van der Waals surface area contributed by atoms with Crippen LogP contribution in [0.1, 0.15) is 6.42 Å². The minimum Gasteiger partial charge on any atom is -0.355 e. The third-order valence-corrected chi connectivity index (χ3v) is 4.37. The summed E-state index contributed by atoms with van der Waals surface area (Å²) in [6.45, 7) is 4.82. The SMILES string of the molecule is O=C(CN1CCN(c2ncccn2)CC1)NCCCn1ccccc1=O. The quantitative estimate of drug-likeness (QED) is 0.702. The Morgan fingerprint density at radius 3 is 2.58 bits per heavy atom.